The summed E-state index contributed by atoms with van der Waals surface area (Å²) in [5.41, 5.74) is 6.85. The minimum absolute atomic E-state index is 0.210. The molecule has 0 heterocycles. The number of rotatable bonds is 1. The van der Waals surface area contributed by atoms with Crippen molar-refractivity contribution in [3.63, 3.8) is 0 Å². The topological polar surface area (TPSA) is 63.3 Å². The first-order valence-corrected chi connectivity index (χ1v) is 4.39. The van der Waals surface area contributed by atoms with E-state index < -0.39 is 5.97 Å². The Morgan fingerprint density at radius 2 is 2.17 bits per heavy atom. The van der Waals surface area contributed by atoms with Gasteiger partial charge in [0.15, 0.2) is 0 Å². The number of carboxylic acid groups (broad SMARTS) is 1. The molecule has 0 amide bonds. The van der Waals surface area contributed by atoms with Gasteiger partial charge >= 0.3 is 5.97 Å². The van der Waals surface area contributed by atoms with Crippen LogP contribution in [0.4, 0.5) is 5.69 Å². The first kappa shape index (κ1) is 9.31. The van der Waals surface area contributed by atoms with Crippen LogP contribution in [0.25, 0.3) is 0 Å². The minimum Gasteiger partial charge on any atom is -0.478 e. The van der Waals surface area contributed by atoms with Crippen LogP contribution in [-0.4, -0.2) is 11.1 Å². The summed E-state index contributed by atoms with van der Waals surface area (Å²) in [7, 11) is 0. The molecule has 0 aromatic heterocycles. The first-order chi connectivity index (χ1) is 5.54. The Morgan fingerprint density at radius 1 is 1.58 bits per heavy atom. The standard InChI is InChI=1S/C8H8INO2/c1-4-2-3-5(9)7(10)6(4)8(11)12/h2-3H,10H2,1H3,(H,11,12). The fourth-order valence-electron chi connectivity index (χ4n) is 0.987. The number of nitrogen functional groups attached to an aromatic ring is 1. The zero-order valence-corrected chi connectivity index (χ0v) is 8.62. The van der Waals surface area contributed by atoms with Crippen LogP contribution in [0.3, 0.4) is 0 Å². The lowest BCUT2D eigenvalue weighted by atomic mass is 10.1. The number of aryl methyl sites for hydroxylation is 1. The van der Waals surface area contributed by atoms with Gasteiger partial charge in [0, 0.05) is 3.57 Å². The highest BCUT2D eigenvalue weighted by molar-refractivity contribution is 14.1. The molecule has 0 fully saturated rings. The predicted molar refractivity (Wildman–Crippen MR) is 55.3 cm³/mol. The van der Waals surface area contributed by atoms with Crippen molar-refractivity contribution in [2.45, 2.75) is 6.92 Å². The van der Waals surface area contributed by atoms with E-state index in [2.05, 4.69) is 0 Å². The summed E-state index contributed by atoms with van der Waals surface area (Å²) in [6, 6.07) is 3.55. The summed E-state index contributed by atoms with van der Waals surface area (Å²) < 4.78 is 0.774. The van der Waals surface area contributed by atoms with Gasteiger partial charge in [0.1, 0.15) is 0 Å². The van der Waals surface area contributed by atoms with Gasteiger partial charge < -0.3 is 10.8 Å². The summed E-state index contributed by atoms with van der Waals surface area (Å²) >= 11 is 2.01. The molecule has 12 heavy (non-hydrogen) atoms. The maximum Gasteiger partial charge on any atom is 0.338 e. The van der Waals surface area contributed by atoms with E-state index in [-0.39, 0.29) is 5.56 Å². The SMILES string of the molecule is Cc1ccc(I)c(N)c1C(=O)O. The van der Waals surface area contributed by atoms with Crippen LogP contribution >= 0.6 is 22.6 Å². The van der Waals surface area contributed by atoms with Gasteiger partial charge in [-0.05, 0) is 41.1 Å². The molecule has 1 aromatic carbocycles. The maximum atomic E-state index is 10.7. The highest BCUT2D eigenvalue weighted by atomic mass is 127. The van der Waals surface area contributed by atoms with Crippen LogP contribution in [0.1, 0.15) is 15.9 Å². The molecule has 0 radical (unpaired) electrons. The van der Waals surface area contributed by atoms with E-state index in [1.165, 1.54) is 0 Å². The quantitative estimate of drug-likeness (QED) is 0.608. The Labute approximate surface area is 83.7 Å². The van der Waals surface area contributed by atoms with Crippen molar-refractivity contribution in [3.05, 3.63) is 26.8 Å². The van der Waals surface area contributed by atoms with E-state index in [0.29, 0.717) is 11.3 Å². The molecule has 3 nitrogen and oxygen atoms in total. The molecule has 4 heteroatoms. The Bertz CT molecular complexity index is 336. The molecule has 0 aliphatic carbocycles. The Kier molecular flexibility index (Phi) is 2.56. The molecule has 0 saturated heterocycles. The highest BCUT2D eigenvalue weighted by Crippen LogP contribution is 2.22. The minimum atomic E-state index is -0.969. The van der Waals surface area contributed by atoms with Crippen LogP contribution < -0.4 is 5.73 Å². The molecule has 3 N–H and O–H groups in total. The molecular formula is C8H8INO2. The van der Waals surface area contributed by atoms with Gasteiger partial charge in [0.2, 0.25) is 0 Å². The van der Waals surface area contributed by atoms with Gasteiger partial charge in [-0.15, -0.1) is 0 Å². The van der Waals surface area contributed by atoms with E-state index in [9.17, 15) is 4.79 Å². The lowest BCUT2D eigenvalue weighted by molar-refractivity contribution is 0.0697. The number of anilines is 1. The second kappa shape index (κ2) is 3.30. The number of hydrogen-bond acceptors (Lipinski definition) is 2. The number of carbonyl (C=O) groups is 1. The molecule has 64 valence electrons. The van der Waals surface area contributed by atoms with Crippen LogP contribution in [-0.2, 0) is 0 Å². The van der Waals surface area contributed by atoms with Crippen molar-refractivity contribution in [3.8, 4) is 0 Å². The van der Waals surface area contributed by atoms with E-state index >= 15 is 0 Å². The van der Waals surface area contributed by atoms with E-state index in [1.54, 1.807) is 19.1 Å². The average Bonchev–Trinajstić information content (AvgIpc) is 1.97. The van der Waals surface area contributed by atoms with Gasteiger partial charge in [0.05, 0.1) is 11.3 Å². The fourth-order valence-corrected chi connectivity index (χ4v) is 1.44. The number of carboxylic acids is 1. The third kappa shape index (κ3) is 1.52. The van der Waals surface area contributed by atoms with Crippen molar-refractivity contribution in [2.75, 3.05) is 5.73 Å². The molecule has 0 spiro atoms. The summed E-state index contributed by atoms with van der Waals surface area (Å²) in [5.74, 6) is -0.969. The second-order valence-corrected chi connectivity index (χ2v) is 3.62. The van der Waals surface area contributed by atoms with Crippen LogP contribution in [0.5, 0.6) is 0 Å². The summed E-state index contributed by atoms with van der Waals surface area (Å²) in [4.78, 5) is 10.7. The average molecular weight is 277 g/mol. The number of benzene rings is 1. The van der Waals surface area contributed by atoms with Crippen LogP contribution in [0.15, 0.2) is 12.1 Å². The van der Waals surface area contributed by atoms with Gasteiger partial charge in [0.25, 0.3) is 0 Å². The summed E-state index contributed by atoms with van der Waals surface area (Å²) in [5, 5.41) is 8.79. The fraction of sp³-hybridized carbons (Fsp3) is 0.125. The summed E-state index contributed by atoms with van der Waals surface area (Å²) in [6.07, 6.45) is 0. The molecule has 0 aliphatic rings. The zero-order chi connectivity index (χ0) is 9.30. The van der Waals surface area contributed by atoms with Gasteiger partial charge in [-0.3, -0.25) is 0 Å². The third-order valence-corrected chi connectivity index (χ3v) is 2.56. The third-order valence-electron chi connectivity index (χ3n) is 1.61. The van der Waals surface area contributed by atoms with E-state index in [1.807, 2.05) is 22.6 Å². The lowest BCUT2D eigenvalue weighted by Crippen LogP contribution is -2.06. The Balaban J connectivity index is 3.43. The van der Waals surface area contributed by atoms with E-state index in [4.69, 9.17) is 10.8 Å². The Morgan fingerprint density at radius 3 is 2.58 bits per heavy atom. The van der Waals surface area contributed by atoms with Crippen molar-refractivity contribution in [1.29, 1.82) is 0 Å². The molecule has 0 unspecified atom stereocenters. The molecule has 1 aromatic rings. The van der Waals surface area contributed by atoms with Crippen molar-refractivity contribution in [1.82, 2.24) is 0 Å². The van der Waals surface area contributed by atoms with Crippen LogP contribution in [0, 0.1) is 10.5 Å². The number of hydrogen-bond donors (Lipinski definition) is 2. The lowest BCUT2D eigenvalue weighted by Gasteiger charge is -2.05. The molecule has 0 aliphatic heterocycles. The largest absolute Gasteiger partial charge is 0.478 e. The smallest absolute Gasteiger partial charge is 0.338 e. The van der Waals surface area contributed by atoms with Crippen molar-refractivity contribution < 1.29 is 9.90 Å². The molecule has 0 atom stereocenters. The summed E-state index contributed by atoms with van der Waals surface area (Å²) in [6.45, 7) is 1.73. The molecule has 1 rings (SSSR count). The molecule has 0 saturated carbocycles. The van der Waals surface area contributed by atoms with Crippen molar-refractivity contribution in [2.24, 2.45) is 0 Å². The van der Waals surface area contributed by atoms with Crippen LogP contribution in [0.2, 0.25) is 0 Å². The second-order valence-electron chi connectivity index (χ2n) is 2.46. The maximum absolute atomic E-state index is 10.7. The number of halogens is 1. The highest BCUT2D eigenvalue weighted by Gasteiger charge is 2.12. The van der Waals surface area contributed by atoms with Crippen molar-refractivity contribution >= 4 is 34.2 Å². The molecular weight excluding hydrogens is 269 g/mol. The van der Waals surface area contributed by atoms with E-state index in [0.717, 1.165) is 3.57 Å². The monoisotopic (exact) mass is 277 g/mol. The normalized spacial score (nSPS) is 9.83. The predicted octanol–water partition coefficient (Wildman–Crippen LogP) is 1.88. The number of aromatic carboxylic acids is 1. The van der Waals surface area contributed by atoms with Gasteiger partial charge in [-0.1, -0.05) is 6.07 Å². The van der Waals surface area contributed by atoms with Gasteiger partial charge in [-0.25, -0.2) is 4.79 Å². The zero-order valence-electron chi connectivity index (χ0n) is 6.47. The molecule has 0 bridgehead atoms. The Hall–Kier alpha value is -0.780. The first-order valence-electron chi connectivity index (χ1n) is 3.32. The number of nitrogens with two attached hydrogens (primary N) is 1. The van der Waals surface area contributed by atoms with Gasteiger partial charge in [-0.2, -0.15) is 0 Å².